The predicted molar refractivity (Wildman–Crippen MR) is 50.8 cm³/mol. The van der Waals surface area contributed by atoms with Crippen LogP contribution in [0.3, 0.4) is 0 Å². The number of hydrogen-bond donors (Lipinski definition) is 0. The predicted octanol–water partition coefficient (Wildman–Crippen LogP) is 2.73. The molecule has 0 aromatic rings. The van der Waals surface area contributed by atoms with Crippen molar-refractivity contribution in [3.05, 3.63) is 23.3 Å². The molecule has 1 atom stereocenters. The van der Waals surface area contributed by atoms with Crippen molar-refractivity contribution in [3.63, 3.8) is 0 Å². The average Bonchev–Trinajstić information content (AvgIpc) is 2.03. The second kappa shape index (κ2) is 3.70. The quantitative estimate of drug-likeness (QED) is 0.573. The molecule has 0 amide bonds. The minimum absolute atomic E-state index is 0.118. The molecule has 1 aliphatic rings. The van der Waals surface area contributed by atoms with Crippen molar-refractivity contribution in [2.45, 2.75) is 27.2 Å². The lowest BCUT2D eigenvalue weighted by Gasteiger charge is -2.18. The maximum absolute atomic E-state index is 10.5. The second-order valence-electron chi connectivity index (χ2n) is 3.70. The molecule has 1 rings (SSSR count). The molecule has 0 radical (unpaired) electrons. The van der Waals surface area contributed by atoms with Gasteiger partial charge in [-0.15, -0.1) is 0 Å². The summed E-state index contributed by atoms with van der Waals surface area (Å²) in [7, 11) is 0. The Hall–Kier alpha value is -0.850. The van der Waals surface area contributed by atoms with E-state index in [0.717, 1.165) is 12.7 Å². The van der Waals surface area contributed by atoms with Gasteiger partial charge in [-0.3, -0.25) is 0 Å². The van der Waals surface area contributed by atoms with Gasteiger partial charge in [0.15, 0.2) is 0 Å². The fourth-order valence-corrected chi connectivity index (χ4v) is 1.70. The van der Waals surface area contributed by atoms with Crippen LogP contribution in [0, 0.1) is 11.8 Å². The minimum Gasteiger partial charge on any atom is -0.303 e. The van der Waals surface area contributed by atoms with Crippen LogP contribution in [0.4, 0.5) is 0 Å². The second-order valence-corrected chi connectivity index (χ2v) is 3.70. The third kappa shape index (κ3) is 1.84. The smallest absolute Gasteiger partial charge is 0.127 e. The van der Waals surface area contributed by atoms with Gasteiger partial charge in [-0.05, 0) is 24.8 Å². The summed E-state index contributed by atoms with van der Waals surface area (Å²) in [6, 6.07) is 0. The standard InChI is InChI=1S/C11H16O/c1-8(2)11-5-4-10(7-12)6-9(11)3/h5-8,10H,4H2,1-3H3. The molecule has 1 aliphatic carbocycles. The Labute approximate surface area is 74.2 Å². The Morgan fingerprint density at radius 3 is 2.67 bits per heavy atom. The van der Waals surface area contributed by atoms with E-state index in [9.17, 15) is 4.79 Å². The lowest BCUT2D eigenvalue weighted by Crippen LogP contribution is -2.07. The van der Waals surface area contributed by atoms with Crippen LogP contribution in [-0.4, -0.2) is 6.29 Å². The van der Waals surface area contributed by atoms with Gasteiger partial charge in [0.2, 0.25) is 0 Å². The molecule has 0 saturated carbocycles. The van der Waals surface area contributed by atoms with Crippen molar-refractivity contribution in [1.29, 1.82) is 0 Å². The lowest BCUT2D eigenvalue weighted by atomic mass is 9.86. The number of carbonyl (C=O) groups excluding carboxylic acids is 1. The van der Waals surface area contributed by atoms with Crippen molar-refractivity contribution in [1.82, 2.24) is 0 Å². The van der Waals surface area contributed by atoms with Crippen LogP contribution < -0.4 is 0 Å². The molecule has 0 aliphatic heterocycles. The van der Waals surface area contributed by atoms with Crippen LogP contribution in [0.5, 0.6) is 0 Å². The number of aldehydes is 1. The first-order chi connectivity index (χ1) is 5.65. The fraction of sp³-hybridized carbons (Fsp3) is 0.545. The largest absolute Gasteiger partial charge is 0.303 e. The van der Waals surface area contributed by atoms with E-state index in [1.54, 1.807) is 0 Å². The highest BCUT2D eigenvalue weighted by Gasteiger charge is 2.13. The molecular formula is C11H16O. The molecule has 0 saturated heterocycles. The maximum atomic E-state index is 10.5. The highest BCUT2D eigenvalue weighted by molar-refractivity contribution is 5.59. The summed E-state index contributed by atoms with van der Waals surface area (Å²) in [4.78, 5) is 10.5. The molecule has 0 aromatic heterocycles. The van der Waals surface area contributed by atoms with Crippen LogP contribution in [0.15, 0.2) is 23.3 Å². The summed E-state index contributed by atoms with van der Waals surface area (Å²) in [6.45, 7) is 6.45. The zero-order valence-electron chi connectivity index (χ0n) is 8.00. The van der Waals surface area contributed by atoms with Gasteiger partial charge in [0.1, 0.15) is 6.29 Å². The van der Waals surface area contributed by atoms with Gasteiger partial charge in [0.25, 0.3) is 0 Å². The summed E-state index contributed by atoms with van der Waals surface area (Å²) in [5.41, 5.74) is 2.67. The van der Waals surface area contributed by atoms with E-state index in [0.29, 0.717) is 5.92 Å². The molecule has 0 fully saturated rings. The molecule has 1 nitrogen and oxygen atoms in total. The SMILES string of the molecule is CC1=CC(C=O)CC=C1C(C)C. The molecule has 0 bridgehead atoms. The van der Waals surface area contributed by atoms with E-state index < -0.39 is 0 Å². The highest BCUT2D eigenvalue weighted by atomic mass is 16.1. The number of hydrogen-bond acceptors (Lipinski definition) is 1. The fourth-order valence-electron chi connectivity index (χ4n) is 1.70. The first kappa shape index (κ1) is 9.24. The van der Waals surface area contributed by atoms with Gasteiger partial charge in [-0.1, -0.05) is 31.6 Å². The summed E-state index contributed by atoms with van der Waals surface area (Å²) < 4.78 is 0. The third-order valence-electron chi connectivity index (χ3n) is 2.33. The molecule has 12 heavy (non-hydrogen) atoms. The number of rotatable bonds is 2. The van der Waals surface area contributed by atoms with Crippen molar-refractivity contribution in [2.75, 3.05) is 0 Å². The molecule has 0 N–H and O–H groups in total. The Bertz CT molecular complexity index is 233. The van der Waals surface area contributed by atoms with E-state index in [4.69, 9.17) is 0 Å². The Kier molecular flexibility index (Phi) is 2.85. The molecule has 1 unspecified atom stereocenters. The molecule has 0 spiro atoms. The van der Waals surface area contributed by atoms with Crippen molar-refractivity contribution in [3.8, 4) is 0 Å². The molecule has 1 heteroatoms. The molecule has 66 valence electrons. The van der Waals surface area contributed by atoms with Crippen molar-refractivity contribution in [2.24, 2.45) is 11.8 Å². The molecule has 0 aromatic carbocycles. The average molecular weight is 164 g/mol. The normalized spacial score (nSPS) is 23.5. The van der Waals surface area contributed by atoms with Crippen LogP contribution >= 0.6 is 0 Å². The minimum atomic E-state index is 0.118. The van der Waals surface area contributed by atoms with E-state index >= 15 is 0 Å². The Balaban J connectivity index is 2.78. The first-order valence-corrected chi connectivity index (χ1v) is 4.49. The van der Waals surface area contributed by atoms with Gasteiger partial charge in [0, 0.05) is 5.92 Å². The Morgan fingerprint density at radius 2 is 2.25 bits per heavy atom. The van der Waals surface area contributed by atoms with E-state index in [-0.39, 0.29) is 5.92 Å². The van der Waals surface area contributed by atoms with Gasteiger partial charge >= 0.3 is 0 Å². The lowest BCUT2D eigenvalue weighted by molar-refractivity contribution is -0.109. The van der Waals surface area contributed by atoms with Crippen LogP contribution in [0.25, 0.3) is 0 Å². The number of allylic oxidation sites excluding steroid dienone is 4. The van der Waals surface area contributed by atoms with Crippen LogP contribution in [0.2, 0.25) is 0 Å². The number of carbonyl (C=O) groups is 1. The van der Waals surface area contributed by atoms with E-state index in [1.807, 2.05) is 0 Å². The molecule has 0 heterocycles. The Morgan fingerprint density at radius 1 is 1.58 bits per heavy atom. The van der Waals surface area contributed by atoms with Crippen LogP contribution in [-0.2, 0) is 4.79 Å². The van der Waals surface area contributed by atoms with E-state index in [1.165, 1.54) is 11.1 Å². The van der Waals surface area contributed by atoms with E-state index in [2.05, 4.69) is 32.9 Å². The van der Waals surface area contributed by atoms with Gasteiger partial charge in [-0.25, -0.2) is 0 Å². The zero-order chi connectivity index (χ0) is 9.14. The summed E-state index contributed by atoms with van der Waals surface area (Å²) in [6.07, 6.45) is 6.17. The summed E-state index contributed by atoms with van der Waals surface area (Å²) in [5, 5.41) is 0. The zero-order valence-corrected chi connectivity index (χ0v) is 8.00. The molecular weight excluding hydrogens is 148 g/mol. The first-order valence-electron chi connectivity index (χ1n) is 4.49. The summed E-state index contributed by atoms with van der Waals surface area (Å²) in [5.74, 6) is 0.696. The summed E-state index contributed by atoms with van der Waals surface area (Å²) >= 11 is 0. The van der Waals surface area contributed by atoms with Gasteiger partial charge in [0.05, 0.1) is 0 Å². The third-order valence-corrected chi connectivity index (χ3v) is 2.33. The topological polar surface area (TPSA) is 17.1 Å². The van der Waals surface area contributed by atoms with Crippen molar-refractivity contribution < 1.29 is 4.79 Å². The van der Waals surface area contributed by atoms with Crippen molar-refractivity contribution >= 4 is 6.29 Å². The maximum Gasteiger partial charge on any atom is 0.127 e. The van der Waals surface area contributed by atoms with Gasteiger partial charge < -0.3 is 4.79 Å². The van der Waals surface area contributed by atoms with Gasteiger partial charge in [-0.2, -0.15) is 0 Å². The highest BCUT2D eigenvalue weighted by Crippen LogP contribution is 2.26. The monoisotopic (exact) mass is 164 g/mol. The van der Waals surface area contributed by atoms with Crippen LogP contribution in [0.1, 0.15) is 27.2 Å².